The van der Waals surface area contributed by atoms with Crippen molar-refractivity contribution in [2.24, 2.45) is 11.7 Å². The van der Waals surface area contributed by atoms with E-state index in [4.69, 9.17) is 5.73 Å². The van der Waals surface area contributed by atoms with E-state index in [2.05, 4.69) is 42.9 Å². The first-order valence-corrected chi connectivity index (χ1v) is 5.76. The van der Waals surface area contributed by atoms with Crippen LogP contribution in [0.3, 0.4) is 0 Å². The second-order valence-corrected chi connectivity index (χ2v) is 4.71. The summed E-state index contributed by atoms with van der Waals surface area (Å²) in [5.74, 6) is 1.52. The van der Waals surface area contributed by atoms with Crippen molar-refractivity contribution >= 4 is 11.0 Å². The highest BCUT2D eigenvalue weighted by Crippen LogP contribution is 2.19. The van der Waals surface area contributed by atoms with Gasteiger partial charge in [-0.05, 0) is 43.5 Å². The van der Waals surface area contributed by atoms with Crippen molar-refractivity contribution in [3.63, 3.8) is 0 Å². The van der Waals surface area contributed by atoms with Crippen molar-refractivity contribution in [1.29, 1.82) is 0 Å². The Labute approximate surface area is 96.1 Å². The Morgan fingerprint density at radius 1 is 1.38 bits per heavy atom. The van der Waals surface area contributed by atoms with Crippen molar-refractivity contribution < 1.29 is 0 Å². The number of hydrogen-bond donors (Lipinski definition) is 2. The molecule has 1 atom stereocenters. The third kappa shape index (κ3) is 2.09. The van der Waals surface area contributed by atoms with Crippen molar-refractivity contribution in [1.82, 2.24) is 9.97 Å². The van der Waals surface area contributed by atoms with Gasteiger partial charge in [-0.25, -0.2) is 4.98 Å². The molecule has 0 bridgehead atoms. The molecule has 0 radical (unpaired) electrons. The molecule has 0 amide bonds. The third-order valence-electron chi connectivity index (χ3n) is 2.91. The van der Waals surface area contributed by atoms with E-state index in [1.54, 1.807) is 0 Å². The summed E-state index contributed by atoms with van der Waals surface area (Å²) in [5.41, 5.74) is 10.4. The number of rotatable bonds is 3. The quantitative estimate of drug-likeness (QED) is 0.829. The van der Waals surface area contributed by atoms with Gasteiger partial charge >= 0.3 is 0 Å². The van der Waals surface area contributed by atoms with Gasteiger partial charge in [-0.3, -0.25) is 0 Å². The molecule has 1 aromatic heterocycles. The van der Waals surface area contributed by atoms with Gasteiger partial charge in [0.1, 0.15) is 5.82 Å². The number of nitrogens with zero attached hydrogens (tertiary/aromatic N) is 1. The van der Waals surface area contributed by atoms with Crippen LogP contribution in [0, 0.1) is 19.8 Å². The Balaban J connectivity index is 2.40. The summed E-state index contributed by atoms with van der Waals surface area (Å²) in [6.07, 6.45) is 0.920. The highest BCUT2D eigenvalue weighted by molar-refractivity contribution is 5.79. The fourth-order valence-electron chi connectivity index (χ4n) is 2.03. The topological polar surface area (TPSA) is 54.7 Å². The van der Waals surface area contributed by atoms with E-state index in [0.717, 1.165) is 23.3 Å². The summed E-state index contributed by atoms with van der Waals surface area (Å²) in [5, 5.41) is 0. The van der Waals surface area contributed by atoms with Crippen LogP contribution >= 0.6 is 0 Å². The number of aromatic nitrogens is 2. The molecular formula is C13H19N3. The number of nitrogens with one attached hydrogen (secondary N) is 1. The molecule has 0 saturated heterocycles. The zero-order chi connectivity index (χ0) is 11.7. The van der Waals surface area contributed by atoms with Crippen LogP contribution in [0.2, 0.25) is 0 Å². The Morgan fingerprint density at radius 3 is 2.81 bits per heavy atom. The maximum atomic E-state index is 5.63. The van der Waals surface area contributed by atoms with Crippen LogP contribution in [0.1, 0.15) is 23.9 Å². The minimum Gasteiger partial charge on any atom is -0.342 e. The molecule has 1 aromatic carbocycles. The third-order valence-corrected chi connectivity index (χ3v) is 2.91. The summed E-state index contributed by atoms with van der Waals surface area (Å²) in [4.78, 5) is 8.01. The van der Waals surface area contributed by atoms with Crippen molar-refractivity contribution in [3.8, 4) is 0 Å². The molecule has 3 nitrogen and oxygen atoms in total. The average Bonchev–Trinajstić information content (AvgIpc) is 2.60. The first kappa shape index (κ1) is 11.1. The van der Waals surface area contributed by atoms with Crippen LogP contribution in [0.25, 0.3) is 11.0 Å². The molecule has 3 N–H and O–H groups in total. The highest BCUT2D eigenvalue weighted by Gasteiger charge is 2.08. The monoisotopic (exact) mass is 217 g/mol. The van der Waals surface area contributed by atoms with Crippen LogP contribution in [-0.4, -0.2) is 16.5 Å². The van der Waals surface area contributed by atoms with Crippen LogP contribution < -0.4 is 5.73 Å². The molecule has 0 saturated carbocycles. The standard InChI is InChI=1S/C13H19N3/c1-8-4-10(3)13-11(5-8)15-12(16-13)6-9(2)7-14/h4-5,9H,6-7,14H2,1-3H3,(H,15,16). The van der Waals surface area contributed by atoms with Gasteiger partial charge in [0.05, 0.1) is 11.0 Å². The van der Waals surface area contributed by atoms with E-state index >= 15 is 0 Å². The molecule has 0 aliphatic rings. The van der Waals surface area contributed by atoms with E-state index in [0.29, 0.717) is 12.5 Å². The van der Waals surface area contributed by atoms with Gasteiger partial charge in [0, 0.05) is 6.42 Å². The van der Waals surface area contributed by atoms with Crippen LogP contribution in [0.5, 0.6) is 0 Å². The van der Waals surface area contributed by atoms with Crippen molar-refractivity contribution in [2.45, 2.75) is 27.2 Å². The zero-order valence-corrected chi connectivity index (χ0v) is 10.2. The highest BCUT2D eigenvalue weighted by atomic mass is 14.9. The van der Waals surface area contributed by atoms with Gasteiger partial charge in [0.15, 0.2) is 0 Å². The molecule has 0 fully saturated rings. The molecule has 3 heteroatoms. The number of nitrogens with two attached hydrogens (primary N) is 1. The molecule has 1 unspecified atom stereocenters. The summed E-state index contributed by atoms with van der Waals surface area (Å²) in [6, 6.07) is 4.31. The predicted molar refractivity (Wildman–Crippen MR) is 67.5 cm³/mol. The van der Waals surface area contributed by atoms with E-state index in [1.807, 2.05) is 0 Å². The minimum absolute atomic E-state index is 0.474. The molecular weight excluding hydrogens is 198 g/mol. The molecule has 86 valence electrons. The molecule has 0 aliphatic carbocycles. The lowest BCUT2D eigenvalue weighted by atomic mass is 10.1. The first-order chi connectivity index (χ1) is 7.60. The summed E-state index contributed by atoms with van der Waals surface area (Å²) < 4.78 is 0. The minimum atomic E-state index is 0.474. The second-order valence-electron chi connectivity index (χ2n) is 4.71. The lowest BCUT2D eigenvalue weighted by molar-refractivity contribution is 0.578. The normalized spacial score (nSPS) is 13.2. The fraction of sp³-hybridized carbons (Fsp3) is 0.462. The van der Waals surface area contributed by atoms with E-state index < -0.39 is 0 Å². The van der Waals surface area contributed by atoms with Gasteiger partial charge in [-0.2, -0.15) is 0 Å². The van der Waals surface area contributed by atoms with E-state index in [1.165, 1.54) is 11.1 Å². The maximum absolute atomic E-state index is 5.63. The van der Waals surface area contributed by atoms with Gasteiger partial charge < -0.3 is 10.7 Å². The number of aromatic amines is 1. The summed E-state index contributed by atoms with van der Waals surface area (Å²) in [7, 11) is 0. The Bertz CT molecular complexity index is 499. The first-order valence-electron chi connectivity index (χ1n) is 5.76. The van der Waals surface area contributed by atoms with Crippen LogP contribution in [0.4, 0.5) is 0 Å². The fourth-order valence-corrected chi connectivity index (χ4v) is 2.03. The van der Waals surface area contributed by atoms with Gasteiger partial charge in [-0.1, -0.05) is 13.0 Å². The predicted octanol–water partition coefficient (Wildman–Crippen LogP) is 2.32. The summed E-state index contributed by atoms with van der Waals surface area (Å²) in [6.45, 7) is 7.06. The Kier molecular flexibility index (Phi) is 2.97. The largest absolute Gasteiger partial charge is 0.342 e. The second kappa shape index (κ2) is 4.26. The van der Waals surface area contributed by atoms with E-state index in [9.17, 15) is 0 Å². The maximum Gasteiger partial charge on any atom is 0.107 e. The SMILES string of the molecule is Cc1cc(C)c2nc(CC(C)CN)[nH]c2c1. The number of H-pyrrole nitrogens is 1. The molecule has 0 spiro atoms. The number of hydrogen-bond acceptors (Lipinski definition) is 2. The Hall–Kier alpha value is -1.35. The lowest BCUT2D eigenvalue weighted by Gasteiger charge is -2.03. The average molecular weight is 217 g/mol. The van der Waals surface area contributed by atoms with Crippen molar-refractivity contribution in [3.05, 3.63) is 29.1 Å². The number of aryl methyl sites for hydroxylation is 2. The van der Waals surface area contributed by atoms with Crippen LogP contribution in [-0.2, 0) is 6.42 Å². The number of benzene rings is 1. The van der Waals surface area contributed by atoms with Gasteiger partial charge in [0.25, 0.3) is 0 Å². The molecule has 0 aliphatic heterocycles. The Morgan fingerprint density at radius 2 is 2.12 bits per heavy atom. The number of imidazole rings is 1. The molecule has 16 heavy (non-hydrogen) atoms. The smallest absolute Gasteiger partial charge is 0.107 e. The zero-order valence-electron chi connectivity index (χ0n) is 10.2. The van der Waals surface area contributed by atoms with Crippen LogP contribution in [0.15, 0.2) is 12.1 Å². The number of fused-ring (bicyclic) bond motifs is 1. The van der Waals surface area contributed by atoms with Gasteiger partial charge in [0.2, 0.25) is 0 Å². The van der Waals surface area contributed by atoms with Crippen molar-refractivity contribution in [2.75, 3.05) is 6.54 Å². The molecule has 2 aromatic rings. The van der Waals surface area contributed by atoms with E-state index in [-0.39, 0.29) is 0 Å². The molecule has 1 heterocycles. The summed E-state index contributed by atoms with van der Waals surface area (Å²) >= 11 is 0. The molecule has 2 rings (SSSR count). The lowest BCUT2D eigenvalue weighted by Crippen LogP contribution is -2.13. The van der Waals surface area contributed by atoms with Gasteiger partial charge in [-0.15, -0.1) is 0 Å².